The zero-order valence-electron chi connectivity index (χ0n) is 8.06. The van der Waals surface area contributed by atoms with Crippen molar-refractivity contribution in [3.63, 3.8) is 0 Å². The smallest absolute Gasteiger partial charge is 0.137 e. The van der Waals surface area contributed by atoms with Gasteiger partial charge >= 0.3 is 0 Å². The zero-order valence-corrected chi connectivity index (χ0v) is 10.4. The van der Waals surface area contributed by atoms with Gasteiger partial charge in [0.1, 0.15) is 5.82 Å². The van der Waals surface area contributed by atoms with Crippen LogP contribution in [0.5, 0.6) is 0 Å². The maximum atomic E-state index is 12.9. The normalized spacial score (nSPS) is 12.9. The molecule has 78 valence electrons. The van der Waals surface area contributed by atoms with Crippen molar-refractivity contribution in [1.82, 2.24) is 0 Å². The van der Waals surface area contributed by atoms with Gasteiger partial charge in [-0.25, -0.2) is 4.39 Å². The molecule has 0 saturated carbocycles. The minimum absolute atomic E-state index is 0.216. The van der Waals surface area contributed by atoms with Gasteiger partial charge in [-0.05, 0) is 52.9 Å². The summed E-state index contributed by atoms with van der Waals surface area (Å²) in [4.78, 5) is 0. The Bertz CT molecular complexity index is 301. The van der Waals surface area contributed by atoms with E-state index >= 15 is 0 Å². The van der Waals surface area contributed by atoms with Gasteiger partial charge in [0.2, 0.25) is 0 Å². The van der Waals surface area contributed by atoms with Crippen molar-refractivity contribution in [2.45, 2.75) is 31.6 Å². The molecule has 0 aliphatic carbocycles. The Balaban J connectivity index is 2.55. The summed E-state index contributed by atoms with van der Waals surface area (Å²) in [5.74, 6) is -0.216. The molecule has 0 saturated heterocycles. The third-order valence-corrected chi connectivity index (χ3v) is 3.31. The fourth-order valence-corrected chi connectivity index (χ4v) is 1.76. The number of hydrogen-bond donors (Lipinski definition) is 0. The van der Waals surface area contributed by atoms with Crippen molar-refractivity contribution in [3.05, 3.63) is 34.1 Å². The Morgan fingerprint density at radius 2 is 2.21 bits per heavy atom. The summed E-state index contributed by atoms with van der Waals surface area (Å²) in [5.41, 5.74) is 1.12. The van der Waals surface area contributed by atoms with Crippen LogP contribution >= 0.6 is 27.5 Å². The first kappa shape index (κ1) is 12.0. The van der Waals surface area contributed by atoms with Crippen LogP contribution < -0.4 is 0 Å². The maximum absolute atomic E-state index is 12.9. The molecule has 0 N–H and O–H groups in total. The summed E-state index contributed by atoms with van der Waals surface area (Å²) in [6, 6.07) is 5.10. The van der Waals surface area contributed by atoms with Crippen LogP contribution in [0.25, 0.3) is 0 Å². The van der Waals surface area contributed by atoms with Crippen LogP contribution in [0.3, 0.4) is 0 Å². The van der Waals surface area contributed by atoms with Crippen molar-refractivity contribution in [2.75, 3.05) is 0 Å². The highest BCUT2D eigenvalue weighted by Gasteiger charge is 2.04. The van der Waals surface area contributed by atoms with Gasteiger partial charge in [0, 0.05) is 5.38 Å². The predicted molar refractivity (Wildman–Crippen MR) is 62.4 cm³/mol. The second-order valence-corrected chi connectivity index (χ2v) is 4.76. The van der Waals surface area contributed by atoms with Crippen molar-refractivity contribution < 1.29 is 4.39 Å². The molecule has 0 spiro atoms. The molecule has 0 amide bonds. The summed E-state index contributed by atoms with van der Waals surface area (Å²) in [7, 11) is 0. The Morgan fingerprint density at radius 3 is 2.79 bits per heavy atom. The predicted octanol–water partition coefficient (Wildman–Crippen LogP) is 4.54. The summed E-state index contributed by atoms with van der Waals surface area (Å²) in [5, 5.41) is 0.221. The Kier molecular flexibility index (Phi) is 4.90. The highest BCUT2D eigenvalue weighted by atomic mass is 79.9. The number of alkyl halides is 1. The second kappa shape index (κ2) is 5.72. The van der Waals surface area contributed by atoms with E-state index in [9.17, 15) is 4.39 Å². The average molecular weight is 280 g/mol. The molecular weight excluding hydrogens is 266 g/mol. The monoisotopic (exact) mass is 278 g/mol. The topological polar surface area (TPSA) is 0 Å². The van der Waals surface area contributed by atoms with Gasteiger partial charge in [-0.1, -0.05) is 13.0 Å². The van der Waals surface area contributed by atoms with Gasteiger partial charge < -0.3 is 0 Å². The van der Waals surface area contributed by atoms with Crippen molar-refractivity contribution in [1.29, 1.82) is 0 Å². The van der Waals surface area contributed by atoms with E-state index < -0.39 is 0 Å². The minimum Gasteiger partial charge on any atom is -0.206 e. The van der Waals surface area contributed by atoms with Gasteiger partial charge in [0.15, 0.2) is 0 Å². The third kappa shape index (κ3) is 3.58. The second-order valence-electron chi connectivity index (χ2n) is 3.29. The van der Waals surface area contributed by atoms with Crippen LogP contribution in [0.1, 0.15) is 25.3 Å². The molecule has 1 aromatic carbocycles. The van der Waals surface area contributed by atoms with Crippen LogP contribution in [-0.2, 0) is 6.42 Å². The van der Waals surface area contributed by atoms with Crippen LogP contribution in [0.2, 0.25) is 0 Å². The van der Waals surface area contributed by atoms with E-state index in [-0.39, 0.29) is 11.2 Å². The molecule has 0 bridgehead atoms. The summed E-state index contributed by atoms with van der Waals surface area (Å²) < 4.78 is 13.4. The summed E-state index contributed by atoms with van der Waals surface area (Å²) >= 11 is 9.16. The number of rotatable bonds is 4. The number of hydrogen-bond acceptors (Lipinski definition) is 0. The molecule has 1 unspecified atom stereocenters. The lowest BCUT2D eigenvalue weighted by Gasteiger charge is -2.06. The van der Waals surface area contributed by atoms with Crippen LogP contribution in [0.4, 0.5) is 4.39 Å². The molecule has 0 nitrogen and oxygen atoms in total. The first-order valence-corrected chi connectivity index (χ1v) is 5.94. The largest absolute Gasteiger partial charge is 0.206 e. The third-order valence-electron chi connectivity index (χ3n) is 2.17. The SMILES string of the molecule is CCC(Cl)CCc1ccc(F)c(Br)c1. The van der Waals surface area contributed by atoms with Gasteiger partial charge in [0.05, 0.1) is 4.47 Å². The molecule has 0 aliphatic rings. The fourth-order valence-electron chi connectivity index (χ4n) is 1.22. The lowest BCUT2D eigenvalue weighted by molar-refractivity contribution is 0.619. The summed E-state index contributed by atoms with van der Waals surface area (Å²) in [6.07, 6.45) is 2.82. The van der Waals surface area contributed by atoms with Gasteiger partial charge in [-0.2, -0.15) is 0 Å². The Morgan fingerprint density at radius 1 is 1.50 bits per heavy atom. The molecule has 0 fully saturated rings. The fraction of sp³-hybridized carbons (Fsp3) is 0.455. The van der Waals surface area contributed by atoms with E-state index in [1.54, 1.807) is 6.07 Å². The van der Waals surface area contributed by atoms with E-state index in [0.717, 1.165) is 24.8 Å². The van der Waals surface area contributed by atoms with Gasteiger partial charge in [-0.3, -0.25) is 0 Å². The van der Waals surface area contributed by atoms with Gasteiger partial charge in [0.25, 0.3) is 0 Å². The molecule has 1 rings (SSSR count). The zero-order chi connectivity index (χ0) is 10.6. The summed E-state index contributed by atoms with van der Waals surface area (Å²) in [6.45, 7) is 2.07. The quantitative estimate of drug-likeness (QED) is 0.710. The van der Waals surface area contributed by atoms with Crippen molar-refractivity contribution in [2.24, 2.45) is 0 Å². The molecule has 0 aromatic heterocycles. The first-order chi connectivity index (χ1) is 6.63. The first-order valence-electron chi connectivity index (χ1n) is 4.71. The van der Waals surface area contributed by atoms with E-state index in [2.05, 4.69) is 22.9 Å². The molecule has 1 atom stereocenters. The number of aryl methyl sites for hydroxylation is 1. The highest BCUT2D eigenvalue weighted by molar-refractivity contribution is 9.10. The van der Waals surface area contributed by atoms with Crippen molar-refractivity contribution >= 4 is 27.5 Å². The number of benzene rings is 1. The average Bonchev–Trinajstić information content (AvgIpc) is 2.19. The van der Waals surface area contributed by atoms with E-state index in [1.165, 1.54) is 6.07 Å². The molecular formula is C11H13BrClF. The maximum Gasteiger partial charge on any atom is 0.137 e. The van der Waals surface area contributed by atoms with Crippen LogP contribution in [0.15, 0.2) is 22.7 Å². The molecule has 3 heteroatoms. The molecule has 0 heterocycles. The lowest BCUT2D eigenvalue weighted by Crippen LogP contribution is -1.98. The lowest BCUT2D eigenvalue weighted by atomic mass is 10.1. The minimum atomic E-state index is -0.216. The van der Waals surface area contributed by atoms with E-state index in [0.29, 0.717) is 4.47 Å². The van der Waals surface area contributed by atoms with E-state index in [1.807, 2.05) is 6.07 Å². The van der Waals surface area contributed by atoms with E-state index in [4.69, 9.17) is 11.6 Å². The highest BCUT2D eigenvalue weighted by Crippen LogP contribution is 2.19. The van der Waals surface area contributed by atoms with Gasteiger partial charge in [-0.15, -0.1) is 11.6 Å². The Hall–Kier alpha value is -0.0800. The molecule has 0 aliphatic heterocycles. The number of halogens is 3. The van der Waals surface area contributed by atoms with Crippen LogP contribution in [0, 0.1) is 5.82 Å². The van der Waals surface area contributed by atoms with Crippen molar-refractivity contribution in [3.8, 4) is 0 Å². The molecule has 14 heavy (non-hydrogen) atoms. The van der Waals surface area contributed by atoms with Crippen LogP contribution in [-0.4, -0.2) is 5.38 Å². The molecule has 0 radical (unpaired) electrons. The standard InChI is InChI=1S/C11H13BrClF/c1-2-9(13)5-3-8-4-6-11(14)10(12)7-8/h4,6-7,9H,2-3,5H2,1H3. The molecule has 1 aromatic rings. The Labute approximate surface area is 97.6 Å².